The molecule has 3 aromatic carbocycles. The van der Waals surface area contributed by atoms with Crippen molar-refractivity contribution in [1.29, 1.82) is 0 Å². The number of aliphatic hydroxyl groups excluding tert-OH is 1. The van der Waals surface area contributed by atoms with Crippen LogP contribution in [0, 0.1) is 0 Å². The fourth-order valence-corrected chi connectivity index (χ4v) is 5.11. The Morgan fingerprint density at radius 3 is 2.21 bits per heavy atom. The van der Waals surface area contributed by atoms with Gasteiger partial charge in [0.15, 0.2) is 9.84 Å². The minimum Gasteiger partial charge on any atom is -0.494 e. The molecule has 3 rings (SSSR count). The predicted octanol–water partition coefficient (Wildman–Crippen LogP) is 3.54. The Labute approximate surface area is 247 Å². The van der Waals surface area contributed by atoms with Gasteiger partial charge in [-0.2, -0.15) is 8.42 Å². The van der Waals surface area contributed by atoms with Crippen LogP contribution >= 0.6 is 0 Å². The van der Waals surface area contributed by atoms with Crippen LogP contribution in [0.2, 0.25) is 0 Å². The lowest BCUT2D eigenvalue weighted by Gasteiger charge is -2.12. The lowest BCUT2D eigenvalue weighted by molar-refractivity contribution is 0.0601. The number of hydrogen-bond acceptors (Lipinski definition) is 15. The number of methoxy groups -OCH3 is 2. The van der Waals surface area contributed by atoms with Gasteiger partial charge in [0.25, 0.3) is 10.1 Å². The third-order valence-electron chi connectivity index (χ3n) is 5.75. The molecule has 43 heavy (non-hydrogen) atoms. The van der Waals surface area contributed by atoms with Crippen molar-refractivity contribution in [3.05, 3.63) is 54.1 Å². The first-order valence-corrected chi connectivity index (χ1v) is 15.5. The summed E-state index contributed by atoms with van der Waals surface area (Å²) in [5.41, 5.74) is 11.7. The number of rotatable bonds is 13. The van der Waals surface area contributed by atoms with E-state index < -0.39 is 43.1 Å². The van der Waals surface area contributed by atoms with E-state index in [2.05, 4.69) is 25.8 Å². The molecule has 18 heteroatoms. The molecule has 0 saturated heterocycles. The van der Waals surface area contributed by atoms with Gasteiger partial charge in [-0.3, -0.25) is 4.55 Å². The van der Waals surface area contributed by atoms with Crippen LogP contribution in [-0.2, 0) is 24.7 Å². The van der Waals surface area contributed by atoms with Gasteiger partial charge in [0, 0.05) is 18.3 Å². The molecule has 0 amide bonds. The van der Waals surface area contributed by atoms with Gasteiger partial charge in [-0.1, -0.05) is 12.1 Å². The Bertz CT molecular complexity index is 1780. The summed E-state index contributed by atoms with van der Waals surface area (Å²) < 4.78 is 67.6. The molecule has 0 aliphatic heterocycles. The normalized spacial score (nSPS) is 12.1. The smallest absolute Gasteiger partial charge is 0.340 e. The molecule has 0 saturated carbocycles. The molecule has 0 heterocycles. The van der Waals surface area contributed by atoms with Crippen molar-refractivity contribution in [2.24, 2.45) is 20.5 Å². The standard InChI is InChI=1S/C25H29N7O9S2/c1-40-20-13-15(28-9-11-42(35,36)12-10-33)7-8-18(20)30-32-24-22(26)19(14-21(23(24)27)43(37,38)39)31-29-17-6-4-3-5-16(17)25(34)41-2/h3-8,13-14,28,33H,9-12,26-27H2,1-2H3,(H,37,38,39)/b31-29+,32-30+. The second kappa shape index (κ2) is 14.0. The zero-order valence-electron chi connectivity index (χ0n) is 23.0. The van der Waals surface area contributed by atoms with E-state index in [1.807, 2.05) is 0 Å². The molecule has 3 aromatic rings. The molecular formula is C25H29N7O9S2. The Morgan fingerprint density at radius 1 is 0.884 bits per heavy atom. The van der Waals surface area contributed by atoms with Crippen molar-refractivity contribution < 1.29 is 40.8 Å². The van der Waals surface area contributed by atoms with Crippen LogP contribution in [0.1, 0.15) is 10.4 Å². The summed E-state index contributed by atoms with van der Waals surface area (Å²) in [5, 5.41) is 27.8. The molecule has 7 N–H and O–H groups in total. The van der Waals surface area contributed by atoms with Crippen LogP contribution in [0.3, 0.4) is 0 Å². The van der Waals surface area contributed by atoms with Crippen molar-refractivity contribution in [2.75, 3.05) is 55.7 Å². The molecule has 0 radical (unpaired) electrons. The molecule has 0 aliphatic rings. The zero-order chi connectivity index (χ0) is 31.8. The van der Waals surface area contributed by atoms with E-state index in [0.717, 1.165) is 6.07 Å². The number of benzene rings is 3. The first-order chi connectivity index (χ1) is 20.3. The van der Waals surface area contributed by atoms with Crippen LogP contribution in [0.25, 0.3) is 0 Å². The van der Waals surface area contributed by atoms with Crippen LogP contribution in [0.15, 0.2) is 73.9 Å². The van der Waals surface area contributed by atoms with Gasteiger partial charge >= 0.3 is 5.97 Å². The predicted molar refractivity (Wildman–Crippen MR) is 158 cm³/mol. The highest BCUT2D eigenvalue weighted by atomic mass is 32.2. The fourth-order valence-electron chi connectivity index (χ4n) is 3.58. The summed E-state index contributed by atoms with van der Waals surface area (Å²) in [5.74, 6) is -1.02. The molecule has 0 aromatic heterocycles. The molecule has 0 aliphatic carbocycles. The van der Waals surface area contributed by atoms with Gasteiger partial charge in [0.1, 0.15) is 33.4 Å². The maximum atomic E-state index is 12.1. The number of sulfone groups is 1. The third kappa shape index (κ3) is 8.44. The Morgan fingerprint density at radius 2 is 1.56 bits per heavy atom. The van der Waals surface area contributed by atoms with E-state index in [9.17, 15) is 26.2 Å². The summed E-state index contributed by atoms with van der Waals surface area (Å²) in [6.07, 6.45) is 0. The van der Waals surface area contributed by atoms with Gasteiger partial charge in [0.05, 0.1) is 49.3 Å². The maximum absolute atomic E-state index is 12.1. The first-order valence-electron chi connectivity index (χ1n) is 12.2. The summed E-state index contributed by atoms with van der Waals surface area (Å²) in [4.78, 5) is 11.3. The maximum Gasteiger partial charge on any atom is 0.340 e. The number of carbonyl (C=O) groups is 1. The van der Waals surface area contributed by atoms with Crippen molar-refractivity contribution in [1.82, 2.24) is 0 Å². The van der Waals surface area contributed by atoms with Crippen molar-refractivity contribution >= 4 is 65.7 Å². The number of esters is 1. The molecule has 230 valence electrons. The number of aliphatic hydroxyl groups is 1. The fraction of sp³-hybridized carbons (Fsp3) is 0.240. The van der Waals surface area contributed by atoms with E-state index >= 15 is 0 Å². The summed E-state index contributed by atoms with van der Waals surface area (Å²) in [6.45, 7) is -0.394. The van der Waals surface area contributed by atoms with Crippen LogP contribution in [-0.4, -0.2) is 71.3 Å². The molecule has 0 bridgehead atoms. The van der Waals surface area contributed by atoms with E-state index in [4.69, 9.17) is 26.0 Å². The second-order valence-corrected chi connectivity index (χ2v) is 12.3. The Balaban J connectivity index is 1.99. The Hall–Kier alpha value is -4.65. The number of nitrogens with one attached hydrogen (secondary N) is 1. The van der Waals surface area contributed by atoms with E-state index in [-0.39, 0.29) is 57.8 Å². The number of nitrogens with zero attached hydrogens (tertiary/aromatic N) is 4. The van der Waals surface area contributed by atoms with E-state index in [1.165, 1.54) is 38.5 Å². The largest absolute Gasteiger partial charge is 0.494 e. The molecule has 0 unspecified atom stereocenters. The third-order valence-corrected chi connectivity index (χ3v) is 8.28. The number of nitrogens with two attached hydrogens (primary N) is 2. The molecule has 0 fully saturated rings. The minimum atomic E-state index is -4.88. The molecule has 16 nitrogen and oxygen atoms in total. The number of azo groups is 2. The average molecular weight is 636 g/mol. The summed E-state index contributed by atoms with van der Waals surface area (Å²) in [6, 6.07) is 11.5. The van der Waals surface area contributed by atoms with Crippen molar-refractivity contribution in [3.8, 4) is 5.75 Å². The lowest BCUT2D eigenvalue weighted by atomic mass is 10.2. The molecular weight excluding hydrogens is 606 g/mol. The van der Waals surface area contributed by atoms with E-state index in [0.29, 0.717) is 5.69 Å². The quantitative estimate of drug-likeness (QED) is 0.0782. The number of carbonyl (C=O) groups excluding carboxylic acids is 1. The minimum absolute atomic E-state index is 0.0727. The number of hydrogen-bond donors (Lipinski definition) is 5. The molecule has 0 spiro atoms. The summed E-state index contributed by atoms with van der Waals surface area (Å²) >= 11 is 0. The van der Waals surface area contributed by atoms with Crippen molar-refractivity contribution in [3.63, 3.8) is 0 Å². The highest BCUT2D eigenvalue weighted by molar-refractivity contribution is 7.91. The summed E-state index contributed by atoms with van der Waals surface area (Å²) in [7, 11) is -5.74. The lowest BCUT2D eigenvalue weighted by Crippen LogP contribution is -2.20. The van der Waals surface area contributed by atoms with Gasteiger partial charge in [-0.25, -0.2) is 13.2 Å². The highest BCUT2D eigenvalue weighted by Gasteiger charge is 2.23. The van der Waals surface area contributed by atoms with E-state index in [1.54, 1.807) is 18.2 Å². The number of ether oxygens (including phenoxy) is 2. The number of nitrogen functional groups attached to an aromatic ring is 2. The number of anilines is 3. The van der Waals surface area contributed by atoms with Crippen LogP contribution in [0.5, 0.6) is 5.75 Å². The van der Waals surface area contributed by atoms with Gasteiger partial charge < -0.3 is 31.4 Å². The monoisotopic (exact) mass is 635 g/mol. The SMILES string of the molecule is COC(=O)c1ccccc1/N=N/c1cc(S(=O)(=O)O)c(N)c(/N=N/c2ccc(NCCS(=O)(=O)CCO)cc2OC)c1N. The van der Waals surface area contributed by atoms with Crippen LogP contribution < -0.4 is 21.5 Å². The second-order valence-electron chi connectivity index (χ2n) is 8.64. The molecule has 0 atom stereocenters. The first kappa shape index (κ1) is 32.9. The van der Waals surface area contributed by atoms with Crippen LogP contribution in [0.4, 0.5) is 39.8 Å². The average Bonchev–Trinajstić information content (AvgIpc) is 2.96. The zero-order valence-corrected chi connectivity index (χ0v) is 24.6. The van der Waals surface area contributed by atoms with Gasteiger partial charge in [-0.15, -0.1) is 20.5 Å². The van der Waals surface area contributed by atoms with Gasteiger partial charge in [-0.05, 0) is 30.3 Å². The topological polar surface area (TPSA) is 258 Å². The van der Waals surface area contributed by atoms with Crippen molar-refractivity contribution in [2.45, 2.75) is 4.90 Å². The highest BCUT2D eigenvalue weighted by Crippen LogP contribution is 2.44. The van der Waals surface area contributed by atoms with Gasteiger partial charge in [0.2, 0.25) is 0 Å². The Kier molecular flexibility index (Phi) is 10.7.